The first-order chi connectivity index (χ1) is 8.03. The first-order valence-corrected chi connectivity index (χ1v) is 7.37. The zero-order valence-corrected chi connectivity index (χ0v) is 10.9. The van der Waals surface area contributed by atoms with Crippen LogP contribution in [0.25, 0.3) is 10.2 Å². The quantitative estimate of drug-likeness (QED) is 0.888. The largest absolute Gasteiger partial charge is 0.395 e. The van der Waals surface area contributed by atoms with Gasteiger partial charge in [0.25, 0.3) is 0 Å². The minimum absolute atomic E-state index is 0.0101. The van der Waals surface area contributed by atoms with E-state index in [4.69, 9.17) is 16.7 Å². The Bertz CT molecular complexity index is 639. The monoisotopic (exact) mass is 292 g/mol. The van der Waals surface area contributed by atoms with Crippen LogP contribution in [0.15, 0.2) is 23.1 Å². The SMILES string of the molecule is O=S(=O)(NCCO)c1ccc2nc(Cl)sc2c1. The lowest BCUT2D eigenvalue weighted by atomic mass is 10.3. The third kappa shape index (κ3) is 2.75. The molecule has 92 valence electrons. The van der Waals surface area contributed by atoms with Crippen molar-refractivity contribution in [3.05, 3.63) is 22.7 Å². The molecule has 8 heteroatoms. The van der Waals surface area contributed by atoms with Crippen molar-refractivity contribution in [1.82, 2.24) is 9.71 Å². The minimum atomic E-state index is -3.58. The maximum absolute atomic E-state index is 11.8. The predicted octanol–water partition coefficient (Wildman–Crippen LogP) is 1.22. The summed E-state index contributed by atoms with van der Waals surface area (Å²) in [6.07, 6.45) is 0. The molecule has 5 nitrogen and oxygen atoms in total. The van der Waals surface area contributed by atoms with Crippen LogP contribution < -0.4 is 4.72 Å². The molecule has 1 heterocycles. The number of benzene rings is 1. The fourth-order valence-corrected chi connectivity index (χ4v) is 3.50. The zero-order valence-electron chi connectivity index (χ0n) is 8.55. The predicted molar refractivity (Wildman–Crippen MR) is 66.9 cm³/mol. The second-order valence-corrected chi connectivity index (χ2v) is 6.60. The van der Waals surface area contributed by atoms with Gasteiger partial charge >= 0.3 is 0 Å². The molecule has 0 aliphatic rings. The molecule has 0 aliphatic carbocycles. The van der Waals surface area contributed by atoms with Gasteiger partial charge in [-0.1, -0.05) is 11.6 Å². The Kier molecular flexibility index (Phi) is 3.64. The smallest absolute Gasteiger partial charge is 0.240 e. The fraction of sp³-hybridized carbons (Fsp3) is 0.222. The Morgan fingerprint density at radius 3 is 2.94 bits per heavy atom. The number of fused-ring (bicyclic) bond motifs is 1. The third-order valence-electron chi connectivity index (χ3n) is 2.05. The molecule has 0 unspecified atom stereocenters. The summed E-state index contributed by atoms with van der Waals surface area (Å²) in [4.78, 5) is 4.16. The normalized spacial score (nSPS) is 12.1. The van der Waals surface area contributed by atoms with Gasteiger partial charge in [-0.05, 0) is 18.2 Å². The summed E-state index contributed by atoms with van der Waals surface area (Å²) in [6.45, 7) is -0.252. The van der Waals surface area contributed by atoms with Crippen molar-refractivity contribution in [1.29, 1.82) is 0 Å². The van der Waals surface area contributed by atoms with Crippen LogP contribution in [0.2, 0.25) is 4.47 Å². The summed E-state index contributed by atoms with van der Waals surface area (Å²) in [6, 6.07) is 4.57. The summed E-state index contributed by atoms with van der Waals surface area (Å²) in [5, 5.41) is 8.60. The highest BCUT2D eigenvalue weighted by molar-refractivity contribution is 7.89. The van der Waals surface area contributed by atoms with E-state index in [1.807, 2.05) is 0 Å². The molecular weight excluding hydrogens is 284 g/mol. The van der Waals surface area contributed by atoms with Crippen LogP contribution in [0.5, 0.6) is 0 Å². The average molecular weight is 293 g/mol. The van der Waals surface area contributed by atoms with Crippen molar-refractivity contribution in [3.63, 3.8) is 0 Å². The molecule has 2 rings (SSSR count). The van der Waals surface area contributed by atoms with Crippen LogP contribution in [0.3, 0.4) is 0 Å². The van der Waals surface area contributed by atoms with E-state index < -0.39 is 10.0 Å². The lowest BCUT2D eigenvalue weighted by Gasteiger charge is -2.04. The molecule has 0 spiro atoms. The summed E-state index contributed by atoms with van der Waals surface area (Å²) < 4.78 is 26.9. The molecule has 2 N–H and O–H groups in total. The van der Waals surface area contributed by atoms with E-state index in [2.05, 4.69) is 9.71 Å². The van der Waals surface area contributed by atoms with Crippen molar-refractivity contribution in [2.75, 3.05) is 13.2 Å². The van der Waals surface area contributed by atoms with E-state index >= 15 is 0 Å². The van der Waals surface area contributed by atoms with Gasteiger partial charge in [0.1, 0.15) is 0 Å². The Labute approximate surface area is 107 Å². The van der Waals surface area contributed by atoms with Crippen molar-refractivity contribution in [2.45, 2.75) is 4.90 Å². The summed E-state index contributed by atoms with van der Waals surface area (Å²) in [7, 11) is -3.58. The number of aliphatic hydroxyl groups is 1. The van der Waals surface area contributed by atoms with E-state index in [0.29, 0.717) is 14.7 Å². The topological polar surface area (TPSA) is 79.3 Å². The third-order valence-corrected chi connectivity index (χ3v) is 4.63. The van der Waals surface area contributed by atoms with Crippen LogP contribution in [0.1, 0.15) is 0 Å². The molecule has 0 amide bonds. The van der Waals surface area contributed by atoms with Gasteiger partial charge in [0.15, 0.2) is 4.47 Å². The summed E-state index contributed by atoms with van der Waals surface area (Å²) >= 11 is 6.96. The number of nitrogens with zero attached hydrogens (tertiary/aromatic N) is 1. The van der Waals surface area contributed by atoms with Gasteiger partial charge in [0.2, 0.25) is 10.0 Å². The number of rotatable bonds is 4. The van der Waals surface area contributed by atoms with Crippen molar-refractivity contribution >= 4 is 43.2 Å². The fourth-order valence-electron chi connectivity index (χ4n) is 1.31. The molecule has 0 saturated heterocycles. The molecule has 0 radical (unpaired) electrons. The number of aromatic nitrogens is 1. The highest BCUT2D eigenvalue weighted by Gasteiger charge is 2.14. The number of nitrogens with one attached hydrogen (secondary N) is 1. The molecule has 17 heavy (non-hydrogen) atoms. The van der Waals surface area contributed by atoms with Crippen LogP contribution >= 0.6 is 22.9 Å². The van der Waals surface area contributed by atoms with E-state index in [1.54, 1.807) is 6.07 Å². The van der Waals surface area contributed by atoms with Gasteiger partial charge < -0.3 is 5.11 Å². The van der Waals surface area contributed by atoms with Crippen LogP contribution in [0.4, 0.5) is 0 Å². The zero-order chi connectivity index (χ0) is 12.5. The number of hydrogen-bond donors (Lipinski definition) is 2. The number of halogens is 1. The molecule has 0 atom stereocenters. The second kappa shape index (κ2) is 4.87. The number of thiazole rings is 1. The van der Waals surface area contributed by atoms with Crippen molar-refractivity contribution in [3.8, 4) is 0 Å². The van der Waals surface area contributed by atoms with E-state index in [1.165, 1.54) is 23.5 Å². The Balaban J connectivity index is 2.42. The molecule has 2 aromatic rings. The summed E-state index contributed by atoms with van der Waals surface area (Å²) in [5.74, 6) is 0. The van der Waals surface area contributed by atoms with Crippen molar-refractivity contribution < 1.29 is 13.5 Å². The number of hydrogen-bond acceptors (Lipinski definition) is 5. The molecule has 0 fully saturated rings. The summed E-state index contributed by atoms with van der Waals surface area (Å²) in [5.41, 5.74) is 0.668. The van der Waals surface area contributed by atoms with Gasteiger partial charge in [-0.2, -0.15) is 0 Å². The maximum atomic E-state index is 11.8. The van der Waals surface area contributed by atoms with Crippen LogP contribution in [0, 0.1) is 0 Å². The van der Waals surface area contributed by atoms with E-state index in [-0.39, 0.29) is 18.0 Å². The Morgan fingerprint density at radius 1 is 1.47 bits per heavy atom. The average Bonchev–Trinajstić information content (AvgIpc) is 2.65. The molecule has 0 saturated carbocycles. The number of sulfonamides is 1. The van der Waals surface area contributed by atoms with Gasteiger partial charge in [-0.25, -0.2) is 18.1 Å². The molecule has 0 bridgehead atoms. The first-order valence-electron chi connectivity index (χ1n) is 4.69. The van der Waals surface area contributed by atoms with Crippen LogP contribution in [-0.2, 0) is 10.0 Å². The second-order valence-electron chi connectivity index (χ2n) is 3.22. The molecule has 0 aliphatic heterocycles. The lowest BCUT2D eigenvalue weighted by molar-refractivity contribution is 0.301. The van der Waals surface area contributed by atoms with Crippen LogP contribution in [-0.4, -0.2) is 31.7 Å². The highest BCUT2D eigenvalue weighted by Crippen LogP contribution is 2.27. The minimum Gasteiger partial charge on any atom is -0.395 e. The Hall–Kier alpha value is -0.730. The van der Waals surface area contributed by atoms with E-state index in [0.717, 1.165) is 0 Å². The Morgan fingerprint density at radius 2 is 2.24 bits per heavy atom. The van der Waals surface area contributed by atoms with Gasteiger partial charge in [-0.3, -0.25) is 0 Å². The molecular formula is C9H9ClN2O3S2. The van der Waals surface area contributed by atoms with E-state index in [9.17, 15) is 8.42 Å². The molecule has 1 aromatic carbocycles. The standard InChI is InChI=1S/C9H9ClN2O3S2/c10-9-12-7-2-1-6(5-8(7)16-9)17(14,15)11-3-4-13/h1-2,5,11,13H,3-4H2. The van der Waals surface area contributed by atoms with Gasteiger partial charge in [-0.15, -0.1) is 11.3 Å². The molecule has 1 aromatic heterocycles. The highest BCUT2D eigenvalue weighted by atomic mass is 35.5. The lowest BCUT2D eigenvalue weighted by Crippen LogP contribution is -2.26. The van der Waals surface area contributed by atoms with Crippen molar-refractivity contribution in [2.24, 2.45) is 0 Å². The maximum Gasteiger partial charge on any atom is 0.240 e. The van der Waals surface area contributed by atoms with Gasteiger partial charge in [0.05, 0.1) is 21.7 Å². The van der Waals surface area contributed by atoms with Gasteiger partial charge in [0, 0.05) is 6.54 Å². The number of aliphatic hydroxyl groups excluding tert-OH is 1. The first kappa shape index (κ1) is 12.7.